The number of hydrogen-bond donors (Lipinski definition) is 0. The number of halogens is 2. The topological polar surface area (TPSA) is 38.7 Å². The maximum atomic E-state index is 14.6. The molecule has 0 radical (unpaired) electrons. The maximum absolute atomic E-state index is 14.6. The van der Waals surface area contributed by atoms with E-state index in [2.05, 4.69) is 36.8 Å². The van der Waals surface area contributed by atoms with Crippen molar-refractivity contribution >= 4 is 23.8 Å². The van der Waals surface area contributed by atoms with Crippen LogP contribution in [0.25, 0.3) is 0 Å². The summed E-state index contributed by atoms with van der Waals surface area (Å²) in [5.74, 6) is -1.47. The molecule has 0 bridgehead atoms. The van der Waals surface area contributed by atoms with Gasteiger partial charge in [-0.3, -0.25) is 4.99 Å². The number of esters is 1. The van der Waals surface area contributed by atoms with Crippen LogP contribution in [0.2, 0.25) is 5.02 Å². The van der Waals surface area contributed by atoms with Crippen molar-refractivity contribution in [2.75, 3.05) is 7.11 Å². The zero-order valence-corrected chi connectivity index (χ0v) is 17.7. The summed E-state index contributed by atoms with van der Waals surface area (Å²) >= 11 is 6.22. The van der Waals surface area contributed by atoms with Crippen LogP contribution in [0.3, 0.4) is 0 Å². The van der Waals surface area contributed by atoms with E-state index < -0.39 is 11.8 Å². The van der Waals surface area contributed by atoms with Crippen molar-refractivity contribution in [3.63, 3.8) is 0 Å². The lowest BCUT2D eigenvalue weighted by Crippen LogP contribution is -2.10. The molecule has 2 aromatic rings. The number of aliphatic imine (C=N–C) groups is 1. The average molecular weight is 414 g/mol. The average Bonchev–Trinajstić information content (AvgIpc) is 2.97. The molecule has 0 aromatic heterocycles. The summed E-state index contributed by atoms with van der Waals surface area (Å²) in [6.07, 6.45) is 7.66. The Morgan fingerprint density at radius 2 is 2.07 bits per heavy atom. The largest absolute Gasteiger partial charge is 0.465 e. The van der Waals surface area contributed by atoms with Crippen LogP contribution in [0.5, 0.6) is 0 Å². The second kappa shape index (κ2) is 9.36. The van der Waals surface area contributed by atoms with Gasteiger partial charge < -0.3 is 4.74 Å². The fraction of sp³-hybridized carbons (Fsp3) is 0.333. The first-order chi connectivity index (χ1) is 13.9. The smallest absolute Gasteiger partial charge is 0.342 e. The number of carbonyl (C=O) groups excluding carboxylic acids is 1. The number of allylic oxidation sites excluding steroid dienone is 2. The van der Waals surface area contributed by atoms with Crippen molar-refractivity contribution in [1.29, 1.82) is 0 Å². The number of hydrogen-bond acceptors (Lipinski definition) is 3. The van der Waals surface area contributed by atoms with Gasteiger partial charge >= 0.3 is 5.97 Å². The van der Waals surface area contributed by atoms with Gasteiger partial charge in [0.25, 0.3) is 0 Å². The van der Waals surface area contributed by atoms with E-state index in [-0.39, 0.29) is 16.5 Å². The molecule has 1 aliphatic heterocycles. The number of aryl methyl sites for hydroxylation is 1. The second-order valence-electron chi connectivity index (χ2n) is 7.34. The predicted molar refractivity (Wildman–Crippen MR) is 116 cm³/mol. The van der Waals surface area contributed by atoms with Gasteiger partial charge in [-0.1, -0.05) is 35.9 Å². The van der Waals surface area contributed by atoms with E-state index in [0.717, 1.165) is 25.0 Å². The van der Waals surface area contributed by atoms with Gasteiger partial charge in [0, 0.05) is 17.8 Å². The van der Waals surface area contributed by atoms with Crippen LogP contribution in [0.4, 0.5) is 4.39 Å². The number of rotatable bonds is 5. The van der Waals surface area contributed by atoms with Gasteiger partial charge in [0.15, 0.2) is 0 Å². The third-order valence-corrected chi connectivity index (χ3v) is 5.74. The van der Waals surface area contributed by atoms with Crippen LogP contribution in [-0.2, 0) is 11.2 Å². The van der Waals surface area contributed by atoms with Crippen LogP contribution in [0.15, 0.2) is 47.1 Å². The molecular formula is C24H25ClFNO2. The summed E-state index contributed by atoms with van der Waals surface area (Å²) in [7, 11) is 1.21. The highest BCUT2D eigenvalue weighted by atomic mass is 35.5. The van der Waals surface area contributed by atoms with Gasteiger partial charge in [-0.25, -0.2) is 9.18 Å². The first-order valence-electron chi connectivity index (χ1n) is 9.77. The minimum Gasteiger partial charge on any atom is -0.465 e. The number of nitrogens with zero attached hydrogens (tertiary/aromatic N) is 1. The summed E-state index contributed by atoms with van der Waals surface area (Å²) in [4.78, 5) is 16.5. The Hall–Kier alpha value is -2.46. The summed E-state index contributed by atoms with van der Waals surface area (Å²) in [5.41, 5.74) is 5.06. The molecule has 3 rings (SSSR count). The Labute approximate surface area is 176 Å². The Balaban J connectivity index is 2.05. The highest BCUT2D eigenvalue weighted by Crippen LogP contribution is 2.35. The van der Waals surface area contributed by atoms with Crippen LogP contribution < -0.4 is 0 Å². The zero-order valence-electron chi connectivity index (χ0n) is 17.0. The second-order valence-corrected chi connectivity index (χ2v) is 7.75. The zero-order chi connectivity index (χ0) is 21.0. The SMILES string of the molecule is COC(=O)c1c(F)cc(CC(C2=CCCCC=N2)c2cccc(C)c2C)cc1Cl. The molecule has 1 atom stereocenters. The minimum absolute atomic E-state index is 0.0244. The van der Waals surface area contributed by atoms with Gasteiger partial charge in [-0.05, 0) is 73.9 Å². The van der Waals surface area contributed by atoms with Gasteiger partial charge in [0.2, 0.25) is 0 Å². The molecule has 29 heavy (non-hydrogen) atoms. The quantitative estimate of drug-likeness (QED) is 0.536. The first-order valence-corrected chi connectivity index (χ1v) is 10.1. The van der Waals surface area contributed by atoms with E-state index in [0.29, 0.717) is 12.0 Å². The molecule has 0 fully saturated rings. The van der Waals surface area contributed by atoms with Crippen LogP contribution in [0.1, 0.15) is 57.8 Å². The van der Waals surface area contributed by atoms with Crippen LogP contribution in [0, 0.1) is 19.7 Å². The molecule has 152 valence electrons. The van der Waals surface area contributed by atoms with E-state index in [4.69, 9.17) is 16.6 Å². The van der Waals surface area contributed by atoms with Crippen molar-refractivity contribution in [3.8, 4) is 0 Å². The van der Waals surface area contributed by atoms with E-state index in [9.17, 15) is 9.18 Å². The predicted octanol–water partition coefficient (Wildman–Crippen LogP) is 6.35. The molecule has 0 spiro atoms. The van der Waals surface area contributed by atoms with E-state index >= 15 is 0 Å². The van der Waals surface area contributed by atoms with Gasteiger partial charge in [-0.15, -0.1) is 0 Å². The van der Waals surface area contributed by atoms with Crippen molar-refractivity contribution < 1.29 is 13.9 Å². The molecule has 5 heteroatoms. The van der Waals surface area contributed by atoms with Crippen LogP contribution in [-0.4, -0.2) is 19.3 Å². The molecule has 0 aliphatic carbocycles. The van der Waals surface area contributed by atoms with E-state index in [1.54, 1.807) is 6.07 Å². The molecule has 0 saturated heterocycles. The third-order valence-electron chi connectivity index (χ3n) is 5.44. The summed E-state index contributed by atoms with van der Waals surface area (Å²) in [6, 6.07) is 9.25. The summed E-state index contributed by atoms with van der Waals surface area (Å²) < 4.78 is 19.3. The number of methoxy groups -OCH3 is 1. The van der Waals surface area contributed by atoms with Gasteiger partial charge in [0.1, 0.15) is 11.4 Å². The van der Waals surface area contributed by atoms with Crippen molar-refractivity contribution in [2.24, 2.45) is 4.99 Å². The lowest BCUT2D eigenvalue weighted by atomic mass is 9.85. The molecule has 1 heterocycles. The third kappa shape index (κ3) is 4.76. The van der Waals surface area contributed by atoms with Crippen molar-refractivity contribution in [2.45, 2.75) is 45.4 Å². The highest BCUT2D eigenvalue weighted by Gasteiger charge is 2.23. The van der Waals surface area contributed by atoms with Gasteiger partial charge in [-0.2, -0.15) is 0 Å². The van der Waals surface area contributed by atoms with Crippen molar-refractivity contribution in [1.82, 2.24) is 0 Å². The normalized spacial score (nSPS) is 14.9. The summed E-state index contributed by atoms with van der Waals surface area (Å²) in [5, 5.41) is 0.0601. The molecule has 2 aromatic carbocycles. The van der Waals surface area contributed by atoms with Gasteiger partial charge in [0.05, 0.1) is 12.1 Å². The molecule has 0 amide bonds. The molecule has 0 N–H and O–H groups in total. The first kappa shape index (κ1) is 21.3. The number of ether oxygens (including phenoxy) is 1. The fourth-order valence-electron chi connectivity index (χ4n) is 3.72. The van der Waals surface area contributed by atoms with E-state index in [1.165, 1.54) is 29.9 Å². The molecule has 1 aliphatic rings. The highest BCUT2D eigenvalue weighted by molar-refractivity contribution is 6.33. The Morgan fingerprint density at radius 3 is 2.79 bits per heavy atom. The molecule has 0 saturated carbocycles. The lowest BCUT2D eigenvalue weighted by molar-refractivity contribution is 0.0595. The standard InChI is InChI=1S/C24H25ClFNO2/c1-15-8-7-9-18(16(15)2)19(22-10-5-4-6-11-27-22)12-17-13-20(25)23(21(26)14-17)24(28)29-3/h7-11,13-14,19H,4-6,12H2,1-3H3. The number of benzene rings is 2. The molecule has 3 nitrogen and oxygen atoms in total. The monoisotopic (exact) mass is 413 g/mol. The summed E-state index contributed by atoms with van der Waals surface area (Å²) in [6.45, 7) is 4.19. The Kier molecular flexibility index (Phi) is 6.86. The minimum atomic E-state index is -0.777. The van der Waals surface area contributed by atoms with E-state index in [1.807, 2.05) is 12.3 Å². The molecule has 1 unspecified atom stereocenters. The molecular weight excluding hydrogens is 389 g/mol. The van der Waals surface area contributed by atoms with Crippen LogP contribution >= 0.6 is 11.6 Å². The lowest BCUT2D eigenvalue weighted by Gasteiger charge is -2.22. The van der Waals surface area contributed by atoms with Crippen molar-refractivity contribution in [3.05, 3.63) is 80.8 Å². The Bertz CT molecular complexity index is 958. The number of carbonyl (C=O) groups is 1. The maximum Gasteiger partial charge on any atom is 0.342 e. The Morgan fingerprint density at radius 1 is 1.28 bits per heavy atom. The fourth-order valence-corrected chi connectivity index (χ4v) is 4.02.